The van der Waals surface area contributed by atoms with Crippen molar-refractivity contribution in [2.24, 2.45) is 4.99 Å². The highest BCUT2D eigenvalue weighted by Gasteiger charge is 2.19. The quantitative estimate of drug-likeness (QED) is 0.434. The molecule has 1 aliphatic heterocycles. The number of carbonyl (C=O) groups excluding carboxylic acids is 2. The summed E-state index contributed by atoms with van der Waals surface area (Å²) in [6, 6.07) is 13.7. The normalized spacial score (nSPS) is 13.5. The zero-order chi connectivity index (χ0) is 24.0. The van der Waals surface area contributed by atoms with Crippen molar-refractivity contribution in [2.75, 3.05) is 18.5 Å². The van der Waals surface area contributed by atoms with Crippen LogP contribution in [0.25, 0.3) is 10.2 Å². The van der Waals surface area contributed by atoms with Crippen LogP contribution in [0.15, 0.2) is 58.4 Å². The number of aliphatic imine (C=N–C) groups is 1. The third-order valence-corrected chi connectivity index (χ3v) is 7.50. The molecule has 0 bridgehead atoms. The van der Waals surface area contributed by atoms with E-state index in [1.807, 2.05) is 24.3 Å². The smallest absolute Gasteiger partial charge is 0.306 e. The number of benzene rings is 2. The Morgan fingerprint density at radius 1 is 1.12 bits per heavy atom. The minimum atomic E-state index is -3.79. The van der Waals surface area contributed by atoms with E-state index in [1.54, 1.807) is 17.4 Å². The molecule has 1 aromatic heterocycles. The molecule has 2 heterocycles. The molecule has 11 heteroatoms. The van der Waals surface area contributed by atoms with Gasteiger partial charge in [0.25, 0.3) is 15.9 Å². The summed E-state index contributed by atoms with van der Waals surface area (Å²) >= 11 is 1.60. The summed E-state index contributed by atoms with van der Waals surface area (Å²) < 4.78 is 33.7. The van der Waals surface area contributed by atoms with Gasteiger partial charge in [-0.3, -0.25) is 19.3 Å². The minimum Gasteiger partial charge on any atom is -0.456 e. The summed E-state index contributed by atoms with van der Waals surface area (Å²) in [5.41, 5.74) is 1.23. The number of anilines is 1. The van der Waals surface area contributed by atoms with Gasteiger partial charge in [-0.25, -0.2) is 13.4 Å². The molecule has 178 valence electrons. The highest BCUT2D eigenvalue weighted by Crippen LogP contribution is 2.23. The van der Waals surface area contributed by atoms with Crippen LogP contribution in [-0.4, -0.2) is 44.3 Å². The van der Waals surface area contributed by atoms with Crippen LogP contribution < -0.4 is 10.0 Å². The van der Waals surface area contributed by atoms with E-state index in [-0.39, 0.29) is 17.0 Å². The molecular weight excluding hydrogens is 476 g/mol. The maximum Gasteiger partial charge on any atom is 0.306 e. The van der Waals surface area contributed by atoms with Crippen LogP contribution in [0.3, 0.4) is 0 Å². The molecule has 0 atom stereocenters. The van der Waals surface area contributed by atoms with Crippen molar-refractivity contribution < 1.29 is 22.7 Å². The largest absolute Gasteiger partial charge is 0.456 e. The summed E-state index contributed by atoms with van der Waals surface area (Å²) in [6.07, 6.45) is 2.80. The molecule has 2 aromatic carbocycles. The van der Waals surface area contributed by atoms with Crippen LogP contribution in [0.4, 0.5) is 5.69 Å². The van der Waals surface area contributed by atoms with E-state index < -0.39 is 28.5 Å². The van der Waals surface area contributed by atoms with Gasteiger partial charge in [0.15, 0.2) is 6.61 Å². The van der Waals surface area contributed by atoms with Crippen molar-refractivity contribution >= 4 is 55.0 Å². The van der Waals surface area contributed by atoms with Gasteiger partial charge in [0.2, 0.25) is 0 Å². The maximum absolute atomic E-state index is 12.5. The summed E-state index contributed by atoms with van der Waals surface area (Å²) in [4.78, 5) is 32.8. The van der Waals surface area contributed by atoms with Crippen LogP contribution in [0.1, 0.15) is 30.7 Å². The first-order valence-electron chi connectivity index (χ1n) is 10.9. The monoisotopic (exact) mass is 500 g/mol. The van der Waals surface area contributed by atoms with Crippen molar-refractivity contribution in [2.45, 2.75) is 37.0 Å². The molecule has 1 amide bonds. The molecule has 1 aliphatic rings. The van der Waals surface area contributed by atoms with Gasteiger partial charge in [0.1, 0.15) is 5.84 Å². The zero-order valence-electron chi connectivity index (χ0n) is 18.3. The lowest BCUT2D eigenvalue weighted by Gasteiger charge is -2.10. The maximum atomic E-state index is 12.5. The minimum absolute atomic E-state index is 0.00624. The number of aromatic nitrogens is 1. The number of para-hydroxylation sites is 1. The number of carbonyl (C=O) groups is 2. The molecule has 0 fully saturated rings. The van der Waals surface area contributed by atoms with Crippen molar-refractivity contribution in [1.29, 1.82) is 0 Å². The third-order valence-electron chi connectivity index (χ3n) is 5.03. The van der Waals surface area contributed by atoms with E-state index in [0.717, 1.165) is 21.6 Å². The predicted molar refractivity (Wildman–Crippen MR) is 130 cm³/mol. The second-order valence-electron chi connectivity index (χ2n) is 7.70. The number of hydrogen-bond acceptors (Lipinski definition) is 8. The average Bonchev–Trinajstić information content (AvgIpc) is 3.47. The highest BCUT2D eigenvalue weighted by molar-refractivity contribution is 7.90. The van der Waals surface area contributed by atoms with E-state index in [4.69, 9.17) is 4.74 Å². The topological polar surface area (TPSA) is 127 Å². The number of ether oxygens (including phenoxy) is 1. The predicted octanol–water partition coefficient (Wildman–Crippen LogP) is 3.27. The fourth-order valence-electron chi connectivity index (χ4n) is 3.40. The molecule has 0 saturated carbocycles. The third kappa shape index (κ3) is 6.39. The first-order chi connectivity index (χ1) is 16.4. The average molecular weight is 501 g/mol. The summed E-state index contributed by atoms with van der Waals surface area (Å²) in [5.74, 6) is -0.596. The van der Waals surface area contributed by atoms with Gasteiger partial charge in [-0.15, -0.1) is 11.3 Å². The van der Waals surface area contributed by atoms with E-state index in [2.05, 4.69) is 20.0 Å². The number of amidine groups is 1. The van der Waals surface area contributed by atoms with Crippen LogP contribution in [0.2, 0.25) is 0 Å². The molecule has 34 heavy (non-hydrogen) atoms. The van der Waals surface area contributed by atoms with Gasteiger partial charge >= 0.3 is 5.97 Å². The summed E-state index contributed by atoms with van der Waals surface area (Å²) in [6.45, 7) is 0.153. The van der Waals surface area contributed by atoms with Crippen LogP contribution in [0, 0.1) is 0 Å². The number of nitrogens with zero attached hydrogens (tertiary/aromatic N) is 2. The van der Waals surface area contributed by atoms with Gasteiger partial charge in [-0.05, 0) is 49.6 Å². The summed E-state index contributed by atoms with van der Waals surface area (Å²) in [7, 11) is -3.79. The Balaban J connectivity index is 1.22. The molecule has 0 radical (unpaired) electrons. The standard InChI is InChI=1S/C23H24N4O5S2/c28-21(15-32-23(29)12-4-11-22-26-18-8-1-2-9-19(18)33-22)25-16-6-3-7-17(14-16)34(30,31)27-20-10-5-13-24-20/h1-3,6-9,14H,4-5,10-13,15H2,(H,24,27)(H,25,28). The first-order valence-corrected chi connectivity index (χ1v) is 13.2. The van der Waals surface area contributed by atoms with E-state index in [1.165, 1.54) is 18.2 Å². The van der Waals surface area contributed by atoms with Crippen molar-refractivity contribution in [3.05, 3.63) is 53.5 Å². The van der Waals surface area contributed by atoms with Crippen molar-refractivity contribution in [3.63, 3.8) is 0 Å². The number of hydrogen-bond donors (Lipinski definition) is 2. The van der Waals surface area contributed by atoms with Gasteiger partial charge in [-0.1, -0.05) is 18.2 Å². The molecule has 9 nitrogen and oxygen atoms in total. The second kappa shape index (κ2) is 10.7. The Bertz CT molecular complexity index is 1300. The lowest BCUT2D eigenvalue weighted by Crippen LogP contribution is -2.29. The number of fused-ring (bicyclic) bond motifs is 1. The Kier molecular flexibility index (Phi) is 7.53. The van der Waals surface area contributed by atoms with Crippen molar-refractivity contribution in [3.8, 4) is 0 Å². The molecule has 3 aromatic rings. The van der Waals surface area contributed by atoms with E-state index >= 15 is 0 Å². The van der Waals surface area contributed by atoms with E-state index in [0.29, 0.717) is 31.6 Å². The lowest BCUT2D eigenvalue weighted by atomic mass is 10.2. The van der Waals surface area contributed by atoms with Gasteiger partial charge in [0.05, 0.1) is 20.1 Å². The van der Waals surface area contributed by atoms with Gasteiger partial charge in [-0.2, -0.15) is 0 Å². The Hall–Kier alpha value is -3.31. The molecule has 2 N–H and O–H groups in total. The number of thiazole rings is 1. The van der Waals surface area contributed by atoms with Crippen LogP contribution >= 0.6 is 11.3 Å². The molecule has 0 unspecified atom stereocenters. The highest BCUT2D eigenvalue weighted by atomic mass is 32.2. The molecular formula is C23H24N4O5S2. The van der Waals surface area contributed by atoms with Gasteiger partial charge in [0, 0.05) is 25.1 Å². The molecule has 0 spiro atoms. The Labute approximate surface area is 201 Å². The van der Waals surface area contributed by atoms with Crippen LogP contribution in [-0.2, 0) is 30.8 Å². The molecule has 0 aliphatic carbocycles. The van der Waals surface area contributed by atoms with Crippen LogP contribution in [0.5, 0.6) is 0 Å². The fourth-order valence-corrected chi connectivity index (χ4v) is 5.55. The van der Waals surface area contributed by atoms with Gasteiger partial charge < -0.3 is 10.1 Å². The van der Waals surface area contributed by atoms with E-state index in [9.17, 15) is 18.0 Å². The number of esters is 1. The fraction of sp³-hybridized carbons (Fsp3) is 0.304. The second-order valence-corrected chi connectivity index (χ2v) is 10.5. The number of aryl methyl sites for hydroxylation is 1. The Morgan fingerprint density at radius 2 is 1.97 bits per heavy atom. The molecule has 4 rings (SSSR count). The number of rotatable bonds is 9. The lowest BCUT2D eigenvalue weighted by molar-refractivity contribution is -0.147. The SMILES string of the molecule is O=C(COC(=O)CCCc1nc2ccccc2s1)Nc1cccc(S(=O)(=O)NC2=NCCC2)c1. The molecule has 0 saturated heterocycles. The van der Waals surface area contributed by atoms with Crippen molar-refractivity contribution in [1.82, 2.24) is 9.71 Å². The number of sulfonamides is 1. The Morgan fingerprint density at radius 3 is 2.76 bits per heavy atom. The zero-order valence-corrected chi connectivity index (χ0v) is 20.0. The summed E-state index contributed by atoms with van der Waals surface area (Å²) in [5, 5.41) is 3.51. The first kappa shape index (κ1) is 23.8. The number of nitrogens with one attached hydrogen (secondary N) is 2. The number of amides is 1.